The van der Waals surface area contributed by atoms with E-state index in [0.29, 0.717) is 17.1 Å². The molecule has 0 radical (unpaired) electrons. The SMILES string of the molecule is C=Cc1c(Cl)cc(C)n(Cc2ccc(CCC)cc2)c1=O. The van der Waals surface area contributed by atoms with E-state index in [-0.39, 0.29) is 5.56 Å². The van der Waals surface area contributed by atoms with Gasteiger partial charge in [0, 0.05) is 5.69 Å². The fraction of sp³-hybridized carbons (Fsp3) is 0.278. The first-order chi connectivity index (χ1) is 10.1. The minimum atomic E-state index is -0.0902. The van der Waals surface area contributed by atoms with Crippen LogP contribution in [0.25, 0.3) is 6.08 Å². The largest absolute Gasteiger partial charge is 0.308 e. The third-order valence-corrected chi connectivity index (χ3v) is 3.91. The minimum Gasteiger partial charge on any atom is -0.308 e. The van der Waals surface area contributed by atoms with Crippen LogP contribution >= 0.6 is 11.6 Å². The number of rotatable bonds is 5. The van der Waals surface area contributed by atoms with Gasteiger partial charge < -0.3 is 4.57 Å². The molecule has 2 rings (SSSR count). The molecule has 0 saturated carbocycles. The number of benzene rings is 1. The topological polar surface area (TPSA) is 22.0 Å². The number of nitrogens with zero attached hydrogens (tertiary/aromatic N) is 1. The van der Waals surface area contributed by atoms with E-state index in [1.165, 1.54) is 11.6 Å². The maximum absolute atomic E-state index is 12.4. The van der Waals surface area contributed by atoms with Gasteiger partial charge in [-0.05, 0) is 30.5 Å². The predicted molar refractivity (Wildman–Crippen MR) is 90.1 cm³/mol. The number of halogens is 1. The number of aromatic nitrogens is 1. The van der Waals surface area contributed by atoms with Gasteiger partial charge in [0.25, 0.3) is 5.56 Å². The Balaban J connectivity index is 2.35. The lowest BCUT2D eigenvalue weighted by molar-refractivity contribution is 0.727. The molecular weight excluding hydrogens is 282 g/mol. The summed E-state index contributed by atoms with van der Waals surface area (Å²) in [4.78, 5) is 12.4. The lowest BCUT2D eigenvalue weighted by Crippen LogP contribution is -2.25. The van der Waals surface area contributed by atoms with Crippen molar-refractivity contribution in [3.8, 4) is 0 Å². The molecule has 0 saturated heterocycles. The van der Waals surface area contributed by atoms with Crippen molar-refractivity contribution in [2.45, 2.75) is 33.2 Å². The van der Waals surface area contributed by atoms with Gasteiger partial charge in [0.05, 0.1) is 17.1 Å². The van der Waals surface area contributed by atoms with Crippen molar-refractivity contribution in [1.29, 1.82) is 0 Å². The Bertz CT molecular complexity index is 698. The molecule has 0 unspecified atom stereocenters. The minimum absolute atomic E-state index is 0.0902. The number of pyridine rings is 1. The normalized spacial score (nSPS) is 10.6. The summed E-state index contributed by atoms with van der Waals surface area (Å²) in [5.74, 6) is 0. The van der Waals surface area contributed by atoms with Crippen molar-refractivity contribution in [1.82, 2.24) is 4.57 Å². The van der Waals surface area contributed by atoms with Gasteiger partial charge in [-0.3, -0.25) is 4.79 Å². The molecule has 0 bridgehead atoms. The lowest BCUT2D eigenvalue weighted by atomic mass is 10.1. The van der Waals surface area contributed by atoms with Crippen molar-refractivity contribution in [2.75, 3.05) is 0 Å². The maximum atomic E-state index is 12.4. The van der Waals surface area contributed by atoms with Crippen LogP contribution in [0.15, 0.2) is 41.7 Å². The fourth-order valence-electron chi connectivity index (χ4n) is 2.41. The molecule has 0 amide bonds. The van der Waals surface area contributed by atoms with Gasteiger partial charge in [0.2, 0.25) is 0 Å². The molecule has 1 aromatic carbocycles. The van der Waals surface area contributed by atoms with Crippen molar-refractivity contribution in [2.24, 2.45) is 0 Å². The van der Waals surface area contributed by atoms with E-state index in [1.54, 1.807) is 4.57 Å². The zero-order chi connectivity index (χ0) is 15.4. The summed E-state index contributed by atoms with van der Waals surface area (Å²) in [6.45, 7) is 8.28. The second-order valence-corrected chi connectivity index (χ2v) is 5.62. The van der Waals surface area contributed by atoms with Crippen LogP contribution in [0.1, 0.15) is 35.7 Å². The van der Waals surface area contributed by atoms with E-state index < -0.39 is 0 Å². The van der Waals surface area contributed by atoms with Crippen LogP contribution in [0.3, 0.4) is 0 Å². The molecule has 0 aliphatic rings. The molecule has 110 valence electrons. The molecule has 0 aliphatic heterocycles. The molecule has 0 fully saturated rings. The van der Waals surface area contributed by atoms with Gasteiger partial charge in [-0.15, -0.1) is 0 Å². The van der Waals surface area contributed by atoms with Gasteiger partial charge in [-0.25, -0.2) is 0 Å². The van der Waals surface area contributed by atoms with E-state index in [2.05, 4.69) is 37.8 Å². The average Bonchev–Trinajstić information content (AvgIpc) is 2.46. The maximum Gasteiger partial charge on any atom is 0.259 e. The Labute approximate surface area is 130 Å². The molecule has 0 atom stereocenters. The van der Waals surface area contributed by atoms with E-state index in [1.807, 2.05) is 13.0 Å². The van der Waals surface area contributed by atoms with Crippen molar-refractivity contribution in [3.63, 3.8) is 0 Å². The van der Waals surface area contributed by atoms with Gasteiger partial charge in [0.15, 0.2) is 0 Å². The number of hydrogen-bond acceptors (Lipinski definition) is 1. The van der Waals surface area contributed by atoms with E-state index in [9.17, 15) is 4.79 Å². The Morgan fingerprint density at radius 2 is 1.86 bits per heavy atom. The summed E-state index contributed by atoms with van der Waals surface area (Å²) in [5, 5.41) is 0.460. The van der Waals surface area contributed by atoms with Gasteiger partial charge in [0.1, 0.15) is 0 Å². The van der Waals surface area contributed by atoms with Crippen molar-refractivity contribution < 1.29 is 0 Å². The molecule has 1 aromatic heterocycles. The van der Waals surface area contributed by atoms with Crippen LogP contribution < -0.4 is 5.56 Å². The monoisotopic (exact) mass is 301 g/mol. The molecule has 0 N–H and O–H groups in total. The first-order valence-corrected chi connectivity index (χ1v) is 7.54. The zero-order valence-electron chi connectivity index (χ0n) is 12.5. The highest BCUT2D eigenvalue weighted by Gasteiger charge is 2.09. The Morgan fingerprint density at radius 1 is 1.24 bits per heavy atom. The Morgan fingerprint density at radius 3 is 2.43 bits per heavy atom. The molecule has 2 aromatic rings. The van der Waals surface area contributed by atoms with Crippen molar-refractivity contribution in [3.05, 3.63) is 74.7 Å². The molecule has 1 heterocycles. The summed E-state index contributed by atoms with van der Waals surface area (Å²) in [7, 11) is 0. The van der Waals surface area contributed by atoms with Crippen LogP contribution in [0.2, 0.25) is 5.02 Å². The third-order valence-electron chi connectivity index (χ3n) is 3.60. The fourth-order valence-corrected chi connectivity index (χ4v) is 2.73. The first-order valence-electron chi connectivity index (χ1n) is 7.17. The smallest absolute Gasteiger partial charge is 0.259 e. The highest BCUT2D eigenvalue weighted by Crippen LogP contribution is 2.16. The first kappa shape index (κ1) is 15.6. The van der Waals surface area contributed by atoms with E-state index in [4.69, 9.17) is 11.6 Å². The Kier molecular flexibility index (Phi) is 5.03. The van der Waals surface area contributed by atoms with Crippen LogP contribution in [0.4, 0.5) is 0 Å². The predicted octanol–water partition coefficient (Wildman–Crippen LogP) is 4.45. The highest BCUT2D eigenvalue weighted by atomic mass is 35.5. The summed E-state index contributed by atoms with van der Waals surface area (Å²) < 4.78 is 1.73. The molecule has 3 heteroatoms. The van der Waals surface area contributed by atoms with E-state index in [0.717, 1.165) is 24.1 Å². The summed E-state index contributed by atoms with van der Waals surface area (Å²) in [6.07, 6.45) is 3.74. The van der Waals surface area contributed by atoms with Gasteiger partial charge >= 0.3 is 0 Å². The van der Waals surface area contributed by atoms with E-state index >= 15 is 0 Å². The molecule has 21 heavy (non-hydrogen) atoms. The average molecular weight is 302 g/mol. The molecule has 0 spiro atoms. The quantitative estimate of drug-likeness (QED) is 0.799. The zero-order valence-corrected chi connectivity index (χ0v) is 13.3. The van der Waals surface area contributed by atoms with Gasteiger partial charge in [-0.1, -0.05) is 61.9 Å². The summed E-state index contributed by atoms with van der Waals surface area (Å²) in [5.41, 5.74) is 3.66. The third kappa shape index (κ3) is 3.45. The van der Waals surface area contributed by atoms with Gasteiger partial charge in [-0.2, -0.15) is 0 Å². The van der Waals surface area contributed by atoms with Crippen LogP contribution in [-0.4, -0.2) is 4.57 Å². The summed E-state index contributed by atoms with van der Waals surface area (Å²) >= 11 is 6.08. The van der Waals surface area contributed by atoms with Crippen molar-refractivity contribution >= 4 is 17.7 Å². The van der Waals surface area contributed by atoms with Crippen LogP contribution in [0, 0.1) is 6.92 Å². The Hall–Kier alpha value is -1.80. The second kappa shape index (κ2) is 6.77. The van der Waals surface area contributed by atoms with Crippen LogP contribution in [-0.2, 0) is 13.0 Å². The molecule has 0 aliphatic carbocycles. The number of hydrogen-bond donors (Lipinski definition) is 0. The summed E-state index contributed by atoms with van der Waals surface area (Å²) in [6, 6.07) is 10.2. The second-order valence-electron chi connectivity index (χ2n) is 5.21. The molecule has 2 nitrogen and oxygen atoms in total. The highest BCUT2D eigenvalue weighted by molar-refractivity contribution is 6.32. The lowest BCUT2D eigenvalue weighted by Gasteiger charge is -2.12. The van der Waals surface area contributed by atoms with Crippen LogP contribution in [0.5, 0.6) is 0 Å². The number of aryl methyl sites for hydroxylation is 2. The molecular formula is C18H20ClNO. The standard InChI is InChI=1S/C18H20ClNO/c1-4-6-14-7-9-15(10-8-14)12-20-13(3)11-17(19)16(5-2)18(20)21/h5,7-11H,2,4,6,12H2,1,3H3.